The van der Waals surface area contributed by atoms with Crippen LogP contribution in [0.5, 0.6) is 0 Å². The zero-order valence-electron chi connectivity index (χ0n) is 14.8. The van der Waals surface area contributed by atoms with E-state index in [1.54, 1.807) is 0 Å². The number of sulfonamides is 1. The number of nitrogens with zero attached hydrogens (tertiary/aromatic N) is 1. The van der Waals surface area contributed by atoms with Gasteiger partial charge in [-0.2, -0.15) is 4.72 Å². The van der Waals surface area contributed by atoms with E-state index >= 15 is 0 Å². The molecule has 0 aliphatic carbocycles. The SMILES string of the molecule is C[C@H](NS(=O)(=O)c1ccccc1F)C(=O)OCc1ncc(-c2ccccc2)o1. The molecular formula is C19H17FN2O5S. The largest absolute Gasteiger partial charge is 0.454 e. The first-order chi connectivity index (χ1) is 13.4. The number of hydrogen-bond acceptors (Lipinski definition) is 6. The lowest BCUT2D eigenvalue weighted by Crippen LogP contribution is -2.39. The number of oxazole rings is 1. The Labute approximate surface area is 161 Å². The van der Waals surface area contributed by atoms with Crippen LogP contribution in [0.1, 0.15) is 12.8 Å². The third kappa shape index (κ3) is 4.62. The summed E-state index contributed by atoms with van der Waals surface area (Å²) in [4.78, 5) is 15.6. The Balaban J connectivity index is 1.59. The zero-order chi connectivity index (χ0) is 20.1. The summed E-state index contributed by atoms with van der Waals surface area (Å²) in [7, 11) is -4.21. The number of aromatic nitrogens is 1. The number of carbonyl (C=O) groups is 1. The summed E-state index contributed by atoms with van der Waals surface area (Å²) >= 11 is 0. The van der Waals surface area contributed by atoms with Crippen LogP contribution in [0.4, 0.5) is 4.39 Å². The average molecular weight is 404 g/mol. The number of benzene rings is 2. The minimum atomic E-state index is -4.21. The van der Waals surface area contributed by atoms with Crippen LogP contribution in [-0.2, 0) is 26.2 Å². The van der Waals surface area contributed by atoms with Gasteiger partial charge in [0.1, 0.15) is 16.8 Å². The first kappa shape index (κ1) is 19.7. The summed E-state index contributed by atoms with van der Waals surface area (Å²) < 4.78 is 50.7. The summed E-state index contributed by atoms with van der Waals surface area (Å²) in [5.41, 5.74) is 0.818. The second-order valence-electron chi connectivity index (χ2n) is 5.87. The summed E-state index contributed by atoms with van der Waals surface area (Å²) in [5.74, 6) is -1.08. The van der Waals surface area contributed by atoms with Gasteiger partial charge in [0.15, 0.2) is 12.4 Å². The fourth-order valence-electron chi connectivity index (χ4n) is 2.38. The maximum absolute atomic E-state index is 13.7. The molecule has 7 nitrogen and oxygen atoms in total. The lowest BCUT2D eigenvalue weighted by Gasteiger charge is -2.13. The number of carbonyl (C=O) groups excluding carboxylic acids is 1. The quantitative estimate of drug-likeness (QED) is 0.608. The molecule has 1 N–H and O–H groups in total. The van der Waals surface area contributed by atoms with Crippen molar-refractivity contribution >= 4 is 16.0 Å². The first-order valence-corrected chi connectivity index (χ1v) is 9.79. The molecule has 0 saturated heterocycles. The molecule has 0 radical (unpaired) electrons. The monoisotopic (exact) mass is 404 g/mol. The van der Waals surface area contributed by atoms with E-state index in [9.17, 15) is 17.6 Å². The molecule has 0 unspecified atom stereocenters. The highest BCUT2D eigenvalue weighted by Gasteiger charge is 2.25. The molecule has 0 amide bonds. The van der Waals surface area contributed by atoms with Crippen LogP contribution in [0.25, 0.3) is 11.3 Å². The van der Waals surface area contributed by atoms with Gasteiger partial charge >= 0.3 is 5.97 Å². The fourth-order valence-corrected chi connectivity index (χ4v) is 3.65. The maximum atomic E-state index is 13.7. The molecule has 0 saturated carbocycles. The van der Waals surface area contributed by atoms with E-state index in [1.807, 2.05) is 30.3 Å². The van der Waals surface area contributed by atoms with Gasteiger partial charge in [-0.3, -0.25) is 4.79 Å². The standard InChI is InChI=1S/C19H17FN2O5S/c1-13(22-28(24,25)17-10-6-5-9-15(17)20)19(23)26-12-18-21-11-16(27-18)14-7-3-2-4-8-14/h2-11,13,22H,12H2,1H3/t13-/m0/s1. The summed E-state index contributed by atoms with van der Waals surface area (Å²) in [5, 5.41) is 0. The Morgan fingerprint density at radius 3 is 2.57 bits per heavy atom. The van der Waals surface area contributed by atoms with E-state index in [4.69, 9.17) is 9.15 Å². The molecule has 0 bridgehead atoms. The van der Waals surface area contributed by atoms with Crippen molar-refractivity contribution in [2.24, 2.45) is 0 Å². The van der Waals surface area contributed by atoms with E-state index in [1.165, 1.54) is 25.3 Å². The molecular weight excluding hydrogens is 387 g/mol. The van der Waals surface area contributed by atoms with Crippen LogP contribution in [0.2, 0.25) is 0 Å². The second-order valence-corrected chi connectivity index (χ2v) is 7.55. The van der Waals surface area contributed by atoms with Crippen LogP contribution in [0.3, 0.4) is 0 Å². The predicted octanol–water partition coefficient (Wildman–Crippen LogP) is 2.89. The summed E-state index contributed by atoms with van der Waals surface area (Å²) in [6.07, 6.45) is 1.50. The van der Waals surface area contributed by atoms with Crippen molar-refractivity contribution in [2.45, 2.75) is 24.5 Å². The van der Waals surface area contributed by atoms with Crippen molar-refractivity contribution in [3.63, 3.8) is 0 Å². The summed E-state index contributed by atoms with van der Waals surface area (Å²) in [6, 6.07) is 12.9. The van der Waals surface area contributed by atoms with Crippen molar-refractivity contribution in [3.8, 4) is 11.3 Å². The van der Waals surface area contributed by atoms with Crippen molar-refractivity contribution in [1.29, 1.82) is 0 Å². The summed E-state index contributed by atoms with van der Waals surface area (Å²) in [6.45, 7) is 1.03. The van der Waals surface area contributed by atoms with Gasteiger partial charge in [-0.25, -0.2) is 17.8 Å². The van der Waals surface area contributed by atoms with Gasteiger partial charge in [0.05, 0.1) is 6.20 Å². The van der Waals surface area contributed by atoms with Crippen LogP contribution >= 0.6 is 0 Å². The molecule has 9 heteroatoms. The highest BCUT2D eigenvalue weighted by molar-refractivity contribution is 7.89. The minimum absolute atomic E-state index is 0.163. The molecule has 3 rings (SSSR count). The Morgan fingerprint density at radius 2 is 1.86 bits per heavy atom. The molecule has 0 fully saturated rings. The molecule has 28 heavy (non-hydrogen) atoms. The van der Waals surface area contributed by atoms with Crippen molar-refractivity contribution in [3.05, 3.63) is 72.5 Å². The topological polar surface area (TPSA) is 98.5 Å². The number of nitrogens with one attached hydrogen (secondary N) is 1. The molecule has 146 valence electrons. The Hall–Kier alpha value is -3.04. The Kier molecular flexibility index (Phi) is 5.86. The van der Waals surface area contributed by atoms with Gasteiger partial charge < -0.3 is 9.15 Å². The van der Waals surface area contributed by atoms with Crippen molar-refractivity contribution in [1.82, 2.24) is 9.71 Å². The van der Waals surface area contributed by atoms with Crippen molar-refractivity contribution < 1.29 is 26.8 Å². The third-order valence-corrected chi connectivity index (χ3v) is 5.34. The predicted molar refractivity (Wildman–Crippen MR) is 97.9 cm³/mol. The van der Waals surface area contributed by atoms with Gasteiger partial charge in [-0.1, -0.05) is 42.5 Å². The van der Waals surface area contributed by atoms with Gasteiger partial charge in [0.2, 0.25) is 15.9 Å². The van der Waals surface area contributed by atoms with E-state index in [0.29, 0.717) is 5.76 Å². The van der Waals surface area contributed by atoms with Gasteiger partial charge in [0.25, 0.3) is 0 Å². The van der Waals surface area contributed by atoms with E-state index < -0.39 is 32.7 Å². The minimum Gasteiger partial charge on any atom is -0.454 e. The van der Waals surface area contributed by atoms with E-state index in [-0.39, 0.29) is 12.5 Å². The number of esters is 1. The highest BCUT2D eigenvalue weighted by Crippen LogP contribution is 2.20. The lowest BCUT2D eigenvalue weighted by molar-refractivity contribution is -0.147. The average Bonchev–Trinajstić information content (AvgIpc) is 3.15. The highest BCUT2D eigenvalue weighted by atomic mass is 32.2. The number of rotatable bonds is 7. The third-order valence-electron chi connectivity index (χ3n) is 3.76. The number of halogens is 1. The van der Waals surface area contributed by atoms with E-state index in [2.05, 4.69) is 9.71 Å². The Morgan fingerprint density at radius 1 is 1.18 bits per heavy atom. The van der Waals surface area contributed by atoms with Gasteiger partial charge in [-0.15, -0.1) is 0 Å². The number of hydrogen-bond donors (Lipinski definition) is 1. The van der Waals surface area contributed by atoms with Crippen molar-refractivity contribution in [2.75, 3.05) is 0 Å². The van der Waals surface area contributed by atoms with Crippen LogP contribution in [-0.4, -0.2) is 25.4 Å². The molecule has 1 atom stereocenters. The Bertz CT molecular complexity index is 1070. The van der Waals surface area contributed by atoms with Gasteiger partial charge in [0, 0.05) is 5.56 Å². The zero-order valence-corrected chi connectivity index (χ0v) is 15.6. The second kappa shape index (κ2) is 8.32. The molecule has 0 aliphatic rings. The smallest absolute Gasteiger partial charge is 0.324 e. The molecule has 0 spiro atoms. The fraction of sp³-hybridized carbons (Fsp3) is 0.158. The normalized spacial score (nSPS) is 12.5. The molecule has 3 aromatic rings. The molecule has 0 aliphatic heterocycles. The number of ether oxygens (including phenoxy) is 1. The van der Waals surface area contributed by atoms with Crippen LogP contribution in [0.15, 0.2) is 70.1 Å². The lowest BCUT2D eigenvalue weighted by atomic mass is 10.2. The van der Waals surface area contributed by atoms with E-state index in [0.717, 1.165) is 17.7 Å². The van der Waals surface area contributed by atoms with Gasteiger partial charge in [-0.05, 0) is 19.1 Å². The maximum Gasteiger partial charge on any atom is 0.324 e. The molecule has 2 aromatic carbocycles. The molecule has 1 aromatic heterocycles. The van der Waals surface area contributed by atoms with Crippen LogP contribution in [0, 0.1) is 5.82 Å². The molecule has 1 heterocycles. The first-order valence-electron chi connectivity index (χ1n) is 8.30. The van der Waals surface area contributed by atoms with Crippen LogP contribution < -0.4 is 4.72 Å².